The van der Waals surface area contributed by atoms with Crippen LogP contribution in [0, 0.1) is 0 Å². The smallest absolute Gasteiger partial charge is 0.0588 e. The van der Waals surface area contributed by atoms with Crippen LogP contribution >= 0.6 is 10.0 Å². The first kappa shape index (κ1) is 34.9. The summed E-state index contributed by atoms with van der Waals surface area (Å²) in [5, 5.41) is 5.13. The molecule has 1 aliphatic rings. The Morgan fingerprint density at radius 1 is 0.367 bits per heavy atom. The van der Waals surface area contributed by atoms with Crippen LogP contribution in [0.3, 0.4) is 0 Å². The summed E-state index contributed by atoms with van der Waals surface area (Å²) in [6.45, 7) is 4.80. The van der Waals surface area contributed by atoms with Crippen molar-refractivity contribution in [2.45, 2.75) is 38.8 Å². The van der Waals surface area contributed by atoms with Crippen molar-refractivity contribution >= 4 is 53.6 Å². The highest BCUT2D eigenvalue weighted by Crippen LogP contribution is 2.75. The Labute approximate surface area is 351 Å². The Kier molecular flexibility index (Phi) is 7.70. The van der Waals surface area contributed by atoms with Gasteiger partial charge in [-0.1, -0.05) is 147 Å². The molecule has 0 spiro atoms. The van der Waals surface area contributed by atoms with Crippen molar-refractivity contribution in [3.63, 3.8) is 0 Å². The molecule has 11 aromatic rings. The van der Waals surface area contributed by atoms with Gasteiger partial charge in [-0.2, -0.15) is 0 Å². The molecule has 9 aromatic carbocycles. The molecule has 2 nitrogen and oxygen atoms in total. The molecule has 12 rings (SSSR count). The second-order valence-electron chi connectivity index (χ2n) is 16.5. The summed E-state index contributed by atoms with van der Waals surface area (Å²) in [5.41, 5.74) is 12.6. The van der Waals surface area contributed by atoms with Gasteiger partial charge in [0.2, 0.25) is 0 Å². The molecule has 3 heteroatoms. The maximum atomic E-state index is 2.54. The van der Waals surface area contributed by atoms with Crippen molar-refractivity contribution in [3.8, 4) is 22.5 Å². The third-order valence-corrected chi connectivity index (χ3v) is 16.9. The lowest BCUT2D eigenvalue weighted by Crippen LogP contribution is -2.16. The predicted molar refractivity (Wildman–Crippen MR) is 253 cm³/mol. The van der Waals surface area contributed by atoms with Crippen LogP contribution < -0.4 is 0 Å². The van der Waals surface area contributed by atoms with E-state index in [0.29, 0.717) is 0 Å². The molecular formula is C57H42N2S. The fourth-order valence-corrected chi connectivity index (χ4v) is 14.6. The summed E-state index contributed by atoms with van der Waals surface area (Å²) in [7, 11) is -2.06. The van der Waals surface area contributed by atoms with E-state index in [0.717, 1.165) is 5.69 Å². The highest BCUT2D eigenvalue weighted by Gasteiger charge is 2.39. The van der Waals surface area contributed by atoms with Crippen molar-refractivity contribution in [1.82, 2.24) is 9.13 Å². The molecule has 0 bridgehead atoms. The molecule has 0 N–H and O–H groups in total. The van der Waals surface area contributed by atoms with Gasteiger partial charge >= 0.3 is 0 Å². The van der Waals surface area contributed by atoms with Gasteiger partial charge in [0.25, 0.3) is 0 Å². The molecule has 0 fully saturated rings. The van der Waals surface area contributed by atoms with Gasteiger partial charge in [0.05, 0.1) is 22.1 Å². The Morgan fingerprint density at radius 2 is 0.900 bits per heavy atom. The minimum atomic E-state index is -2.06. The van der Waals surface area contributed by atoms with Crippen LogP contribution in [0.1, 0.15) is 25.0 Å². The molecule has 286 valence electrons. The minimum Gasteiger partial charge on any atom is -0.309 e. The first-order valence-electron chi connectivity index (χ1n) is 20.8. The largest absolute Gasteiger partial charge is 0.309 e. The van der Waals surface area contributed by atoms with Gasteiger partial charge in [0, 0.05) is 57.9 Å². The van der Waals surface area contributed by atoms with E-state index in [9.17, 15) is 0 Å². The van der Waals surface area contributed by atoms with Gasteiger partial charge in [0.15, 0.2) is 0 Å². The number of hydrogen-bond acceptors (Lipinski definition) is 0. The number of para-hydroxylation sites is 3. The normalized spacial score (nSPS) is 13.6. The number of aromatic nitrogens is 2. The van der Waals surface area contributed by atoms with E-state index >= 15 is 0 Å². The SMILES string of the molecule is CC1(C)c2ccccc2-c2ccc3c4ccccc4n(-c4ccc(S(c5ccccc5)(c5ccccc5)c5cccc6c5c5ccccc5n6-c5ccccc5)cc4)c3c21. The molecule has 2 aromatic heterocycles. The third kappa shape index (κ3) is 4.78. The van der Waals surface area contributed by atoms with Gasteiger partial charge in [-0.05, 0) is 107 Å². The van der Waals surface area contributed by atoms with Gasteiger partial charge in [-0.25, -0.2) is 0 Å². The number of rotatable bonds is 6. The van der Waals surface area contributed by atoms with Crippen molar-refractivity contribution in [2.24, 2.45) is 0 Å². The first-order valence-corrected chi connectivity index (χ1v) is 22.5. The van der Waals surface area contributed by atoms with Crippen molar-refractivity contribution < 1.29 is 0 Å². The predicted octanol–water partition coefficient (Wildman–Crippen LogP) is 15.5. The summed E-state index contributed by atoms with van der Waals surface area (Å²) in [6, 6.07) is 81.5. The Hall–Kier alpha value is -7.07. The van der Waals surface area contributed by atoms with Crippen LogP contribution in [0.4, 0.5) is 0 Å². The van der Waals surface area contributed by atoms with Crippen LogP contribution in [-0.2, 0) is 5.41 Å². The molecular weight excluding hydrogens is 745 g/mol. The Morgan fingerprint density at radius 3 is 1.60 bits per heavy atom. The van der Waals surface area contributed by atoms with E-state index in [1.165, 1.54) is 91.1 Å². The average molecular weight is 787 g/mol. The van der Waals surface area contributed by atoms with E-state index in [2.05, 4.69) is 241 Å². The topological polar surface area (TPSA) is 9.86 Å². The standard InChI is InChI=1S/C57H42N2S/c1-57(2)49-28-15-12-25-44(49)46-37-38-47-45-26-13-16-29-50(45)59(56(47)55(46)57)40-33-35-43(36-34-40)60(41-21-8-4-9-22-41,42-23-10-5-11-24-42)53-32-18-31-52-54(53)48-27-14-17-30-51(48)58(52)39-19-6-3-7-20-39/h3-38H,1-2H3. The molecule has 0 aliphatic heterocycles. The molecule has 1 aliphatic carbocycles. The third-order valence-electron chi connectivity index (χ3n) is 13.0. The van der Waals surface area contributed by atoms with Crippen molar-refractivity contribution in [2.75, 3.05) is 0 Å². The molecule has 0 saturated carbocycles. The maximum absolute atomic E-state index is 2.54. The molecule has 60 heavy (non-hydrogen) atoms. The summed E-state index contributed by atoms with van der Waals surface area (Å²) < 4.78 is 4.98. The second kappa shape index (κ2) is 13.2. The number of benzene rings is 9. The van der Waals surface area contributed by atoms with Crippen LogP contribution in [0.2, 0.25) is 0 Å². The Bertz CT molecular complexity index is 3390. The highest BCUT2D eigenvalue weighted by atomic mass is 32.3. The number of nitrogens with zero attached hydrogens (tertiary/aromatic N) is 2. The van der Waals surface area contributed by atoms with E-state index in [4.69, 9.17) is 0 Å². The first-order chi connectivity index (χ1) is 29.6. The highest BCUT2D eigenvalue weighted by molar-refractivity contribution is 8.34. The van der Waals surface area contributed by atoms with Crippen LogP contribution in [0.25, 0.3) is 66.1 Å². The van der Waals surface area contributed by atoms with E-state index < -0.39 is 10.0 Å². The molecule has 0 atom stereocenters. The fourth-order valence-electron chi connectivity index (χ4n) is 10.5. The minimum absolute atomic E-state index is 0.158. The van der Waals surface area contributed by atoms with Gasteiger partial charge < -0.3 is 9.13 Å². The van der Waals surface area contributed by atoms with Crippen molar-refractivity contribution in [1.29, 1.82) is 0 Å². The van der Waals surface area contributed by atoms with Crippen LogP contribution in [0.5, 0.6) is 0 Å². The fraction of sp³-hybridized carbons (Fsp3) is 0.0526. The molecule has 0 radical (unpaired) electrons. The second-order valence-corrected chi connectivity index (χ2v) is 19.6. The number of fused-ring (bicyclic) bond motifs is 10. The molecule has 0 saturated heterocycles. The van der Waals surface area contributed by atoms with Crippen molar-refractivity contribution in [3.05, 3.63) is 230 Å². The van der Waals surface area contributed by atoms with E-state index in [1.807, 2.05) is 0 Å². The zero-order valence-corrected chi connectivity index (χ0v) is 34.4. The lowest BCUT2D eigenvalue weighted by atomic mass is 9.81. The lowest BCUT2D eigenvalue weighted by molar-refractivity contribution is 0.664. The summed E-state index contributed by atoms with van der Waals surface area (Å²) in [4.78, 5) is 5.25. The number of hydrogen-bond donors (Lipinski definition) is 0. The monoisotopic (exact) mass is 786 g/mol. The van der Waals surface area contributed by atoms with Crippen LogP contribution in [-0.4, -0.2) is 9.13 Å². The average Bonchev–Trinajstić information content (AvgIpc) is 3.91. The molecule has 0 unspecified atom stereocenters. The lowest BCUT2D eigenvalue weighted by Gasteiger charge is -2.42. The summed E-state index contributed by atoms with van der Waals surface area (Å²) in [5.74, 6) is 0. The van der Waals surface area contributed by atoms with Crippen LogP contribution in [0.15, 0.2) is 238 Å². The zero-order valence-electron chi connectivity index (χ0n) is 33.6. The summed E-state index contributed by atoms with van der Waals surface area (Å²) in [6.07, 6.45) is 0. The van der Waals surface area contributed by atoms with Gasteiger partial charge in [-0.3, -0.25) is 0 Å². The van der Waals surface area contributed by atoms with E-state index in [-0.39, 0.29) is 5.41 Å². The Balaban J connectivity index is 1.16. The van der Waals surface area contributed by atoms with E-state index in [1.54, 1.807) is 0 Å². The van der Waals surface area contributed by atoms with Gasteiger partial charge in [0.1, 0.15) is 0 Å². The molecule has 0 amide bonds. The maximum Gasteiger partial charge on any atom is 0.0588 e. The quantitative estimate of drug-likeness (QED) is 0.159. The van der Waals surface area contributed by atoms with Gasteiger partial charge in [-0.15, -0.1) is 10.0 Å². The summed E-state index contributed by atoms with van der Waals surface area (Å²) >= 11 is 0. The zero-order chi connectivity index (χ0) is 40.0. The molecule has 2 heterocycles.